The van der Waals surface area contributed by atoms with E-state index < -0.39 is 11.4 Å². The van der Waals surface area contributed by atoms with Gasteiger partial charge in [-0.3, -0.25) is 13.9 Å². The van der Waals surface area contributed by atoms with Gasteiger partial charge in [0.15, 0.2) is 5.65 Å². The smallest absolute Gasteiger partial charge is 0.277 e. The van der Waals surface area contributed by atoms with Crippen molar-refractivity contribution in [2.45, 2.75) is 65.0 Å². The van der Waals surface area contributed by atoms with Crippen molar-refractivity contribution >= 4 is 17.2 Å². The van der Waals surface area contributed by atoms with Crippen molar-refractivity contribution in [2.75, 3.05) is 14.2 Å². The van der Waals surface area contributed by atoms with Crippen LogP contribution in [0.25, 0.3) is 16.9 Å². The summed E-state index contributed by atoms with van der Waals surface area (Å²) < 4.78 is 29.6. The van der Waals surface area contributed by atoms with Crippen molar-refractivity contribution in [3.63, 3.8) is 0 Å². The lowest BCUT2D eigenvalue weighted by Crippen LogP contribution is -2.20. The average Bonchev–Trinajstić information content (AvgIpc) is 3.42. The van der Waals surface area contributed by atoms with E-state index in [-0.39, 0.29) is 40.0 Å². The second-order valence-electron chi connectivity index (χ2n) is 9.45. The van der Waals surface area contributed by atoms with E-state index in [0.29, 0.717) is 30.0 Å². The molecule has 4 aromatic rings. The standard InChI is InChI=1S/C28H33ClFN5O3/c1-7-16(3)35-14-19(13-31-35)24(38-6)11-18(8-2)23-15-34-27(32-17(4)25(29)28(34)36)26(33-23)21-10-9-20(37-5)12-22(21)30/h9-10,12-16,18,24H,7-8,11H2,1-6H3. The Balaban J connectivity index is 1.84. The lowest BCUT2D eigenvalue weighted by Gasteiger charge is -2.22. The van der Waals surface area contributed by atoms with E-state index in [2.05, 4.69) is 23.9 Å². The lowest BCUT2D eigenvalue weighted by molar-refractivity contribution is 0.0878. The first-order valence-corrected chi connectivity index (χ1v) is 13.1. The van der Waals surface area contributed by atoms with Gasteiger partial charge in [-0.2, -0.15) is 5.10 Å². The number of fused-ring (bicyclic) bond motifs is 1. The molecule has 3 aromatic heterocycles. The second kappa shape index (κ2) is 11.6. The van der Waals surface area contributed by atoms with Crippen LogP contribution in [0.1, 0.15) is 75.0 Å². The number of aromatic nitrogens is 5. The molecule has 0 N–H and O–H groups in total. The van der Waals surface area contributed by atoms with Crippen LogP contribution in [0.5, 0.6) is 5.75 Å². The molecule has 0 fully saturated rings. The molecular weight excluding hydrogens is 509 g/mol. The first-order valence-electron chi connectivity index (χ1n) is 12.7. The number of aryl methyl sites for hydroxylation is 1. The van der Waals surface area contributed by atoms with Crippen LogP contribution >= 0.6 is 11.6 Å². The summed E-state index contributed by atoms with van der Waals surface area (Å²) in [5, 5.41) is 4.53. The topological polar surface area (TPSA) is 83.5 Å². The maximum Gasteiger partial charge on any atom is 0.277 e. The fourth-order valence-electron chi connectivity index (χ4n) is 4.51. The van der Waals surface area contributed by atoms with Gasteiger partial charge in [0.25, 0.3) is 5.56 Å². The lowest BCUT2D eigenvalue weighted by atomic mass is 9.93. The highest BCUT2D eigenvalue weighted by molar-refractivity contribution is 6.31. The summed E-state index contributed by atoms with van der Waals surface area (Å²) in [5.41, 5.74) is 2.21. The van der Waals surface area contributed by atoms with Gasteiger partial charge in [0.1, 0.15) is 22.3 Å². The summed E-state index contributed by atoms with van der Waals surface area (Å²) in [5.74, 6) is -0.260. The highest BCUT2D eigenvalue weighted by Gasteiger charge is 2.25. The normalized spacial score (nSPS) is 14.0. The molecule has 0 amide bonds. The number of rotatable bonds is 10. The molecule has 4 rings (SSSR count). The number of hydrogen-bond donors (Lipinski definition) is 0. The van der Waals surface area contributed by atoms with Crippen LogP contribution in [-0.4, -0.2) is 38.4 Å². The van der Waals surface area contributed by atoms with Crippen LogP contribution in [-0.2, 0) is 4.74 Å². The van der Waals surface area contributed by atoms with Gasteiger partial charge in [0.2, 0.25) is 0 Å². The number of nitrogens with zero attached hydrogens (tertiary/aromatic N) is 5. The van der Waals surface area contributed by atoms with Gasteiger partial charge in [-0.25, -0.2) is 14.4 Å². The number of methoxy groups -OCH3 is 2. The first kappa shape index (κ1) is 27.7. The molecule has 3 heterocycles. The quantitative estimate of drug-likeness (QED) is 0.234. The summed E-state index contributed by atoms with van der Waals surface area (Å²) in [4.78, 5) is 22.6. The van der Waals surface area contributed by atoms with Gasteiger partial charge < -0.3 is 9.47 Å². The molecule has 0 saturated heterocycles. The van der Waals surface area contributed by atoms with Crippen molar-refractivity contribution < 1.29 is 13.9 Å². The maximum atomic E-state index is 15.2. The van der Waals surface area contributed by atoms with E-state index in [1.54, 1.807) is 32.4 Å². The minimum atomic E-state index is -0.530. The molecule has 0 aliphatic rings. The van der Waals surface area contributed by atoms with Crippen LogP contribution in [0.15, 0.2) is 41.6 Å². The SMILES string of the molecule is CCC(CC(OC)c1cnn(C(C)CC)c1)c1cn2c(=O)c(Cl)c(C)nc2c(-c2ccc(OC)cc2F)n1. The van der Waals surface area contributed by atoms with Crippen LogP contribution in [0.3, 0.4) is 0 Å². The van der Waals surface area contributed by atoms with Crippen molar-refractivity contribution in [1.82, 2.24) is 24.1 Å². The van der Waals surface area contributed by atoms with Crippen LogP contribution in [0.2, 0.25) is 5.02 Å². The van der Waals surface area contributed by atoms with Gasteiger partial charge in [0, 0.05) is 48.7 Å². The molecule has 0 bridgehead atoms. The second-order valence-corrected chi connectivity index (χ2v) is 9.82. The predicted molar refractivity (Wildman–Crippen MR) is 146 cm³/mol. The zero-order chi connectivity index (χ0) is 27.6. The van der Waals surface area contributed by atoms with Crippen molar-refractivity contribution in [3.05, 3.63) is 74.9 Å². The molecule has 0 radical (unpaired) electrons. The molecule has 38 heavy (non-hydrogen) atoms. The van der Waals surface area contributed by atoms with Crippen LogP contribution in [0, 0.1) is 12.7 Å². The molecule has 0 saturated carbocycles. The van der Waals surface area contributed by atoms with Gasteiger partial charge in [-0.1, -0.05) is 25.4 Å². The molecule has 1 aromatic carbocycles. The first-order chi connectivity index (χ1) is 18.2. The van der Waals surface area contributed by atoms with Gasteiger partial charge in [0.05, 0.1) is 30.8 Å². The Labute approximate surface area is 226 Å². The average molecular weight is 542 g/mol. The monoisotopic (exact) mass is 541 g/mol. The molecule has 0 spiro atoms. The minimum absolute atomic E-state index is 0.0149. The maximum absolute atomic E-state index is 15.2. The third kappa shape index (κ3) is 5.31. The van der Waals surface area contributed by atoms with E-state index in [4.69, 9.17) is 26.1 Å². The Morgan fingerprint density at radius 2 is 1.89 bits per heavy atom. The number of ether oxygens (including phenoxy) is 2. The van der Waals surface area contributed by atoms with E-state index >= 15 is 4.39 Å². The Morgan fingerprint density at radius 1 is 1.13 bits per heavy atom. The molecule has 10 heteroatoms. The predicted octanol–water partition coefficient (Wildman–Crippen LogP) is 6.30. The minimum Gasteiger partial charge on any atom is -0.497 e. The molecular formula is C28H33ClFN5O3. The summed E-state index contributed by atoms with van der Waals surface area (Å²) in [6, 6.07) is 4.80. The van der Waals surface area contributed by atoms with E-state index in [1.807, 2.05) is 24.0 Å². The molecule has 3 atom stereocenters. The number of benzene rings is 1. The third-order valence-electron chi connectivity index (χ3n) is 7.10. The summed E-state index contributed by atoms with van der Waals surface area (Å²) in [6.45, 7) is 7.92. The molecule has 0 aliphatic heterocycles. The summed E-state index contributed by atoms with van der Waals surface area (Å²) >= 11 is 6.28. The Bertz CT molecular complexity index is 1500. The molecule has 0 aliphatic carbocycles. The summed E-state index contributed by atoms with van der Waals surface area (Å²) in [7, 11) is 3.14. The number of halogens is 2. The van der Waals surface area contributed by atoms with Crippen LogP contribution in [0.4, 0.5) is 4.39 Å². The third-order valence-corrected chi connectivity index (χ3v) is 7.54. The fourth-order valence-corrected chi connectivity index (χ4v) is 4.64. The van der Waals surface area contributed by atoms with Crippen molar-refractivity contribution in [3.8, 4) is 17.0 Å². The highest BCUT2D eigenvalue weighted by Crippen LogP contribution is 2.35. The van der Waals surface area contributed by atoms with Gasteiger partial charge in [-0.05, 0) is 45.2 Å². The Morgan fingerprint density at radius 3 is 2.53 bits per heavy atom. The Hall–Kier alpha value is -3.30. The van der Waals surface area contributed by atoms with Crippen LogP contribution < -0.4 is 10.3 Å². The fraction of sp³-hybridized carbons (Fsp3) is 0.429. The van der Waals surface area contributed by atoms with Gasteiger partial charge >= 0.3 is 0 Å². The Kier molecular flexibility index (Phi) is 8.47. The highest BCUT2D eigenvalue weighted by atomic mass is 35.5. The summed E-state index contributed by atoms with van der Waals surface area (Å²) in [6.07, 6.45) is 7.52. The number of hydrogen-bond acceptors (Lipinski definition) is 6. The molecule has 8 nitrogen and oxygen atoms in total. The zero-order valence-electron chi connectivity index (χ0n) is 22.5. The van der Waals surface area contributed by atoms with E-state index in [1.165, 1.54) is 17.6 Å². The largest absolute Gasteiger partial charge is 0.497 e. The zero-order valence-corrected chi connectivity index (χ0v) is 23.3. The van der Waals surface area contributed by atoms with E-state index in [9.17, 15) is 4.79 Å². The van der Waals surface area contributed by atoms with Crippen molar-refractivity contribution in [1.29, 1.82) is 0 Å². The molecule has 202 valence electrons. The molecule has 3 unspecified atom stereocenters. The van der Waals surface area contributed by atoms with Gasteiger partial charge in [-0.15, -0.1) is 0 Å². The van der Waals surface area contributed by atoms with Crippen molar-refractivity contribution in [2.24, 2.45) is 0 Å². The van der Waals surface area contributed by atoms with E-state index in [0.717, 1.165) is 12.0 Å².